The quantitative estimate of drug-likeness (QED) is 0.768. The second-order valence-corrected chi connectivity index (χ2v) is 5.60. The predicted molar refractivity (Wildman–Crippen MR) is 79.6 cm³/mol. The fourth-order valence-electron chi connectivity index (χ4n) is 2.54. The van der Waals surface area contributed by atoms with Crippen molar-refractivity contribution in [3.63, 3.8) is 0 Å². The van der Waals surface area contributed by atoms with E-state index in [1.807, 2.05) is 4.90 Å². The summed E-state index contributed by atoms with van der Waals surface area (Å²) >= 11 is 0. The SMILES string of the molecule is CC(=O)c1cccc(OC[C@H](O)CN2CCC[C@H](O)C2)c1. The van der Waals surface area contributed by atoms with E-state index in [1.54, 1.807) is 24.3 Å². The Bertz CT molecular complexity index is 477. The van der Waals surface area contributed by atoms with Crippen LogP contribution in [-0.2, 0) is 0 Å². The number of aliphatic hydroxyl groups is 2. The number of Topliss-reactive ketones (excluding diaryl/α,β-unsaturated/α-hetero) is 1. The molecule has 0 saturated carbocycles. The number of carbonyl (C=O) groups excluding carboxylic acids is 1. The van der Waals surface area contributed by atoms with Gasteiger partial charge in [0.25, 0.3) is 0 Å². The number of hydrogen-bond donors (Lipinski definition) is 2. The van der Waals surface area contributed by atoms with Gasteiger partial charge in [-0.2, -0.15) is 0 Å². The number of nitrogens with zero attached hydrogens (tertiary/aromatic N) is 1. The highest BCUT2D eigenvalue weighted by molar-refractivity contribution is 5.94. The Morgan fingerprint density at radius 2 is 2.33 bits per heavy atom. The van der Waals surface area contributed by atoms with E-state index >= 15 is 0 Å². The Balaban J connectivity index is 1.79. The van der Waals surface area contributed by atoms with Crippen LogP contribution in [0.15, 0.2) is 24.3 Å². The van der Waals surface area contributed by atoms with Crippen LogP contribution < -0.4 is 4.74 Å². The van der Waals surface area contributed by atoms with Gasteiger partial charge in [-0.3, -0.25) is 9.69 Å². The molecule has 0 spiro atoms. The first-order chi connectivity index (χ1) is 10.0. The maximum Gasteiger partial charge on any atom is 0.159 e. The molecule has 0 aromatic heterocycles. The van der Waals surface area contributed by atoms with Gasteiger partial charge in [-0.15, -0.1) is 0 Å². The first-order valence-electron chi connectivity index (χ1n) is 7.37. The summed E-state index contributed by atoms with van der Waals surface area (Å²) in [5, 5.41) is 19.6. The number of rotatable bonds is 6. The van der Waals surface area contributed by atoms with Crippen LogP contribution >= 0.6 is 0 Å². The summed E-state index contributed by atoms with van der Waals surface area (Å²) < 4.78 is 5.54. The molecule has 0 radical (unpaired) electrons. The lowest BCUT2D eigenvalue weighted by molar-refractivity contribution is 0.0243. The van der Waals surface area contributed by atoms with Gasteiger partial charge in [-0.1, -0.05) is 12.1 Å². The highest BCUT2D eigenvalue weighted by Gasteiger charge is 2.20. The minimum atomic E-state index is -0.615. The molecule has 2 rings (SSSR count). The smallest absolute Gasteiger partial charge is 0.159 e. The topological polar surface area (TPSA) is 70.0 Å². The van der Waals surface area contributed by atoms with Crippen molar-refractivity contribution in [1.82, 2.24) is 4.90 Å². The van der Waals surface area contributed by atoms with Gasteiger partial charge in [-0.05, 0) is 38.4 Å². The van der Waals surface area contributed by atoms with Crippen LogP contribution in [0.5, 0.6) is 5.75 Å². The van der Waals surface area contributed by atoms with E-state index in [-0.39, 0.29) is 18.5 Å². The Morgan fingerprint density at radius 3 is 3.05 bits per heavy atom. The fraction of sp³-hybridized carbons (Fsp3) is 0.562. The molecule has 1 saturated heterocycles. The molecule has 21 heavy (non-hydrogen) atoms. The minimum absolute atomic E-state index is 0.0108. The molecule has 1 fully saturated rings. The lowest BCUT2D eigenvalue weighted by atomic mass is 10.1. The van der Waals surface area contributed by atoms with Gasteiger partial charge >= 0.3 is 0 Å². The second-order valence-electron chi connectivity index (χ2n) is 5.60. The van der Waals surface area contributed by atoms with Crippen molar-refractivity contribution in [2.75, 3.05) is 26.2 Å². The molecule has 2 atom stereocenters. The molecular weight excluding hydrogens is 270 g/mol. The standard InChI is InChI=1S/C16H23NO4/c1-12(18)13-4-2-6-16(8-13)21-11-15(20)10-17-7-3-5-14(19)9-17/h2,4,6,8,14-15,19-20H,3,5,7,9-11H2,1H3/t14-,15+/m0/s1. The Labute approximate surface area is 125 Å². The number of aliphatic hydroxyl groups excluding tert-OH is 2. The summed E-state index contributed by atoms with van der Waals surface area (Å²) in [7, 11) is 0. The predicted octanol–water partition coefficient (Wildman–Crippen LogP) is 1.09. The Kier molecular flexibility index (Phi) is 5.73. The van der Waals surface area contributed by atoms with Crippen LogP contribution in [0.3, 0.4) is 0 Å². The molecule has 0 bridgehead atoms. The van der Waals surface area contributed by atoms with Gasteiger partial charge < -0.3 is 14.9 Å². The van der Waals surface area contributed by atoms with E-state index in [1.165, 1.54) is 6.92 Å². The summed E-state index contributed by atoms with van der Waals surface area (Å²) in [5.74, 6) is 0.573. The average Bonchev–Trinajstić information content (AvgIpc) is 2.45. The van der Waals surface area contributed by atoms with Gasteiger partial charge in [0.05, 0.1) is 6.10 Å². The van der Waals surface area contributed by atoms with E-state index < -0.39 is 6.10 Å². The molecule has 1 aliphatic rings. The van der Waals surface area contributed by atoms with Crippen molar-refractivity contribution in [1.29, 1.82) is 0 Å². The summed E-state index contributed by atoms with van der Waals surface area (Å²) in [6.45, 7) is 3.68. The Hall–Kier alpha value is -1.43. The summed E-state index contributed by atoms with van der Waals surface area (Å²) in [6, 6.07) is 6.95. The number of benzene rings is 1. The minimum Gasteiger partial charge on any atom is -0.491 e. The maximum absolute atomic E-state index is 11.3. The molecule has 0 amide bonds. The molecule has 2 N–H and O–H groups in total. The third kappa shape index (κ3) is 5.12. The van der Waals surface area contributed by atoms with Crippen LogP contribution in [0.1, 0.15) is 30.1 Å². The van der Waals surface area contributed by atoms with Crippen LogP contribution in [-0.4, -0.2) is 59.3 Å². The maximum atomic E-state index is 11.3. The van der Waals surface area contributed by atoms with Gasteiger partial charge in [0.2, 0.25) is 0 Å². The Morgan fingerprint density at radius 1 is 1.52 bits per heavy atom. The highest BCUT2D eigenvalue weighted by Crippen LogP contribution is 2.15. The van der Waals surface area contributed by atoms with E-state index in [4.69, 9.17) is 4.74 Å². The molecule has 0 unspecified atom stereocenters. The molecule has 5 nitrogen and oxygen atoms in total. The van der Waals surface area contributed by atoms with E-state index in [9.17, 15) is 15.0 Å². The molecule has 0 aliphatic carbocycles. The average molecular weight is 293 g/mol. The number of carbonyl (C=O) groups is 1. The second kappa shape index (κ2) is 7.54. The van der Waals surface area contributed by atoms with E-state index in [0.717, 1.165) is 19.4 Å². The largest absolute Gasteiger partial charge is 0.491 e. The lowest BCUT2D eigenvalue weighted by Gasteiger charge is -2.31. The molecule has 116 valence electrons. The first kappa shape index (κ1) is 15.9. The number of β-amino-alcohol motifs (C(OH)–C–C–N with tert-alkyl or cyclic N) is 2. The van der Waals surface area contributed by atoms with E-state index in [2.05, 4.69) is 0 Å². The third-order valence-electron chi connectivity index (χ3n) is 3.63. The summed E-state index contributed by atoms with van der Waals surface area (Å²) in [4.78, 5) is 13.3. The zero-order valence-electron chi connectivity index (χ0n) is 12.4. The van der Waals surface area contributed by atoms with Crippen LogP contribution in [0.2, 0.25) is 0 Å². The normalized spacial score (nSPS) is 21.0. The molecule has 1 heterocycles. The molecule has 1 aromatic carbocycles. The zero-order valence-corrected chi connectivity index (χ0v) is 12.4. The molecular formula is C16H23NO4. The zero-order chi connectivity index (χ0) is 15.2. The first-order valence-corrected chi connectivity index (χ1v) is 7.37. The number of hydrogen-bond acceptors (Lipinski definition) is 5. The monoisotopic (exact) mass is 293 g/mol. The summed E-state index contributed by atoms with van der Waals surface area (Å²) in [5.41, 5.74) is 0.598. The highest BCUT2D eigenvalue weighted by atomic mass is 16.5. The van der Waals surface area contributed by atoms with Gasteiger partial charge in [0, 0.05) is 18.7 Å². The van der Waals surface area contributed by atoms with Crippen molar-refractivity contribution in [3.8, 4) is 5.75 Å². The third-order valence-corrected chi connectivity index (χ3v) is 3.63. The molecule has 1 aromatic rings. The van der Waals surface area contributed by atoms with Crippen molar-refractivity contribution in [3.05, 3.63) is 29.8 Å². The van der Waals surface area contributed by atoms with Gasteiger partial charge in [-0.25, -0.2) is 0 Å². The van der Waals surface area contributed by atoms with Crippen LogP contribution in [0.25, 0.3) is 0 Å². The number of ketones is 1. The van der Waals surface area contributed by atoms with Crippen LogP contribution in [0, 0.1) is 0 Å². The fourth-order valence-corrected chi connectivity index (χ4v) is 2.54. The van der Waals surface area contributed by atoms with Crippen molar-refractivity contribution in [2.45, 2.75) is 32.0 Å². The summed E-state index contributed by atoms with van der Waals surface area (Å²) in [6.07, 6.45) is 0.881. The van der Waals surface area contributed by atoms with Crippen molar-refractivity contribution < 1.29 is 19.7 Å². The number of ether oxygens (including phenoxy) is 1. The van der Waals surface area contributed by atoms with E-state index in [0.29, 0.717) is 24.4 Å². The molecule has 5 heteroatoms. The van der Waals surface area contributed by atoms with Gasteiger partial charge in [0.1, 0.15) is 18.5 Å². The number of piperidine rings is 1. The molecule has 1 aliphatic heterocycles. The van der Waals surface area contributed by atoms with Gasteiger partial charge in [0.15, 0.2) is 5.78 Å². The lowest BCUT2D eigenvalue weighted by Crippen LogP contribution is -2.43. The van der Waals surface area contributed by atoms with Crippen molar-refractivity contribution >= 4 is 5.78 Å². The van der Waals surface area contributed by atoms with Crippen molar-refractivity contribution in [2.24, 2.45) is 0 Å². The van der Waals surface area contributed by atoms with Crippen LogP contribution in [0.4, 0.5) is 0 Å². The number of likely N-dealkylation sites (tertiary alicyclic amines) is 1.